The van der Waals surface area contributed by atoms with Gasteiger partial charge in [-0.1, -0.05) is 25.3 Å². The van der Waals surface area contributed by atoms with Crippen molar-refractivity contribution in [3.63, 3.8) is 0 Å². The fraction of sp³-hybridized carbons (Fsp3) is 0.722. The Labute approximate surface area is 167 Å². The Morgan fingerprint density at radius 3 is 2.36 bits per heavy atom. The van der Waals surface area contributed by atoms with Gasteiger partial charge in [0.15, 0.2) is 0 Å². The largest absolute Gasteiger partial charge is 0.340 e. The van der Waals surface area contributed by atoms with Crippen molar-refractivity contribution in [1.29, 1.82) is 0 Å². The van der Waals surface area contributed by atoms with Crippen LogP contribution in [0.5, 0.6) is 0 Å². The molecule has 1 aromatic rings. The summed E-state index contributed by atoms with van der Waals surface area (Å²) in [5, 5.41) is 2.13. The smallest absolute Gasteiger partial charge is 0.223 e. The number of rotatable bonds is 5. The molecule has 2 aliphatic rings. The van der Waals surface area contributed by atoms with Gasteiger partial charge in [0, 0.05) is 44.0 Å². The molecule has 1 amide bonds. The van der Waals surface area contributed by atoms with Gasteiger partial charge in [0.1, 0.15) is 0 Å². The first kappa shape index (κ1) is 22.7. The Balaban J connectivity index is 0.00000156. The second-order valence-corrected chi connectivity index (χ2v) is 8.21. The molecule has 0 aromatic carbocycles. The summed E-state index contributed by atoms with van der Waals surface area (Å²) >= 11 is 1.81. The van der Waals surface area contributed by atoms with E-state index in [1.54, 1.807) is 0 Å². The predicted octanol–water partition coefficient (Wildman–Crippen LogP) is 3.54. The summed E-state index contributed by atoms with van der Waals surface area (Å²) in [7, 11) is 0. The van der Waals surface area contributed by atoms with Crippen LogP contribution >= 0.6 is 36.2 Å². The highest BCUT2D eigenvalue weighted by Crippen LogP contribution is 2.38. The monoisotopic (exact) mass is 407 g/mol. The molecule has 25 heavy (non-hydrogen) atoms. The molecule has 0 bridgehead atoms. The third-order valence-corrected chi connectivity index (χ3v) is 6.42. The summed E-state index contributed by atoms with van der Waals surface area (Å²) in [6, 6.07) is 4.30. The summed E-state index contributed by atoms with van der Waals surface area (Å²) in [5.74, 6) is 0.327. The molecule has 1 aromatic heterocycles. The molecule has 2 fully saturated rings. The second-order valence-electron chi connectivity index (χ2n) is 7.18. The minimum atomic E-state index is 0. The van der Waals surface area contributed by atoms with Crippen LogP contribution in [-0.2, 0) is 11.3 Å². The number of nitrogens with zero attached hydrogens (tertiary/aromatic N) is 2. The lowest BCUT2D eigenvalue weighted by molar-refractivity contribution is -0.136. The predicted molar refractivity (Wildman–Crippen MR) is 110 cm³/mol. The van der Waals surface area contributed by atoms with E-state index in [9.17, 15) is 4.79 Å². The van der Waals surface area contributed by atoms with Crippen molar-refractivity contribution in [1.82, 2.24) is 9.80 Å². The molecule has 0 atom stereocenters. The molecule has 4 nitrogen and oxygen atoms in total. The number of hydrogen-bond acceptors (Lipinski definition) is 4. The number of hydrogen-bond donors (Lipinski definition) is 1. The molecule has 0 spiro atoms. The minimum absolute atomic E-state index is 0. The van der Waals surface area contributed by atoms with Gasteiger partial charge in [-0.2, -0.15) is 0 Å². The first-order chi connectivity index (χ1) is 11.2. The number of halogens is 2. The van der Waals surface area contributed by atoms with Gasteiger partial charge in [-0.05, 0) is 36.2 Å². The van der Waals surface area contributed by atoms with Crippen molar-refractivity contribution in [2.24, 2.45) is 11.1 Å². The Morgan fingerprint density at radius 1 is 1.12 bits per heavy atom. The standard InChI is InChI=1S/C18H29N3OS.2ClH/c19-15-18(6-2-1-3-7-18)13-17(22)21-10-8-20(9-11-21)14-16-5-4-12-23-16;;/h4-5,12H,1-3,6-11,13-15,19H2;2*1H. The third kappa shape index (κ3) is 6.10. The Morgan fingerprint density at radius 2 is 1.80 bits per heavy atom. The van der Waals surface area contributed by atoms with Crippen molar-refractivity contribution in [3.05, 3.63) is 22.4 Å². The summed E-state index contributed by atoms with van der Waals surface area (Å²) < 4.78 is 0. The van der Waals surface area contributed by atoms with E-state index in [0.29, 0.717) is 18.9 Å². The fourth-order valence-electron chi connectivity index (χ4n) is 3.97. The lowest BCUT2D eigenvalue weighted by atomic mass is 9.71. The van der Waals surface area contributed by atoms with Crippen LogP contribution < -0.4 is 5.73 Å². The highest BCUT2D eigenvalue weighted by Gasteiger charge is 2.35. The molecule has 0 unspecified atom stereocenters. The maximum atomic E-state index is 12.7. The number of nitrogens with two attached hydrogens (primary N) is 1. The first-order valence-corrected chi connectivity index (χ1v) is 9.81. The second kappa shape index (κ2) is 10.7. The zero-order valence-electron chi connectivity index (χ0n) is 14.8. The molecule has 7 heteroatoms. The molecule has 0 radical (unpaired) electrons. The maximum Gasteiger partial charge on any atom is 0.223 e. The van der Waals surface area contributed by atoms with E-state index in [1.807, 2.05) is 11.3 Å². The van der Waals surface area contributed by atoms with E-state index in [0.717, 1.165) is 45.6 Å². The van der Waals surface area contributed by atoms with Crippen molar-refractivity contribution in [2.45, 2.75) is 45.1 Å². The van der Waals surface area contributed by atoms with Gasteiger partial charge in [0.25, 0.3) is 0 Å². The van der Waals surface area contributed by atoms with Crippen LogP contribution in [0.2, 0.25) is 0 Å². The number of carbonyl (C=O) groups excluding carboxylic acids is 1. The summed E-state index contributed by atoms with van der Waals surface area (Å²) in [6.07, 6.45) is 6.70. The molecule has 1 aliphatic carbocycles. The van der Waals surface area contributed by atoms with E-state index in [-0.39, 0.29) is 30.2 Å². The van der Waals surface area contributed by atoms with Crippen LogP contribution in [0.15, 0.2) is 17.5 Å². The van der Waals surface area contributed by atoms with Crippen molar-refractivity contribution in [2.75, 3.05) is 32.7 Å². The van der Waals surface area contributed by atoms with Gasteiger partial charge in [0.05, 0.1) is 0 Å². The van der Waals surface area contributed by atoms with Gasteiger partial charge in [0.2, 0.25) is 5.91 Å². The van der Waals surface area contributed by atoms with Gasteiger partial charge in [-0.15, -0.1) is 36.2 Å². The molecule has 3 rings (SSSR count). The summed E-state index contributed by atoms with van der Waals surface area (Å²) in [6.45, 7) is 5.39. The zero-order chi connectivity index (χ0) is 16.1. The Kier molecular flexibility index (Phi) is 9.75. The topological polar surface area (TPSA) is 49.6 Å². The van der Waals surface area contributed by atoms with Gasteiger partial charge in [-0.3, -0.25) is 9.69 Å². The molecule has 1 saturated heterocycles. The summed E-state index contributed by atoms with van der Waals surface area (Å²) in [5.41, 5.74) is 6.12. The first-order valence-electron chi connectivity index (χ1n) is 8.93. The SMILES string of the molecule is Cl.Cl.NCC1(CC(=O)N2CCN(Cc3cccs3)CC2)CCCCC1. The molecule has 144 valence electrons. The van der Waals surface area contributed by atoms with E-state index in [2.05, 4.69) is 27.3 Å². The van der Waals surface area contributed by atoms with Crippen molar-refractivity contribution < 1.29 is 4.79 Å². The van der Waals surface area contributed by atoms with Crippen LogP contribution in [0.1, 0.15) is 43.4 Å². The fourth-order valence-corrected chi connectivity index (χ4v) is 4.71. The normalized spacial score (nSPS) is 20.4. The molecular formula is C18H31Cl2N3OS. The van der Waals surface area contributed by atoms with Crippen LogP contribution in [-0.4, -0.2) is 48.4 Å². The number of thiophene rings is 1. The van der Waals surface area contributed by atoms with Crippen LogP contribution in [0, 0.1) is 5.41 Å². The van der Waals surface area contributed by atoms with Crippen molar-refractivity contribution >= 4 is 42.1 Å². The van der Waals surface area contributed by atoms with Crippen LogP contribution in [0.4, 0.5) is 0 Å². The molecular weight excluding hydrogens is 377 g/mol. The van der Waals surface area contributed by atoms with Crippen molar-refractivity contribution in [3.8, 4) is 0 Å². The summed E-state index contributed by atoms with van der Waals surface area (Å²) in [4.78, 5) is 18.6. The lowest BCUT2D eigenvalue weighted by Crippen LogP contribution is -2.50. The molecule has 2 heterocycles. The van der Waals surface area contributed by atoms with Gasteiger partial charge in [-0.25, -0.2) is 0 Å². The lowest BCUT2D eigenvalue weighted by Gasteiger charge is -2.39. The van der Waals surface area contributed by atoms with E-state index >= 15 is 0 Å². The maximum absolute atomic E-state index is 12.7. The van der Waals surface area contributed by atoms with Gasteiger partial charge < -0.3 is 10.6 Å². The van der Waals surface area contributed by atoms with E-state index in [4.69, 9.17) is 5.73 Å². The average molecular weight is 408 g/mol. The van der Waals surface area contributed by atoms with E-state index < -0.39 is 0 Å². The van der Waals surface area contributed by atoms with E-state index in [1.165, 1.54) is 24.1 Å². The zero-order valence-corrected chi connectivity index (χ0v) is 17.3. The van der Waals surface area contributed by atoms with Crippen LogP contribution in [0.3, 0.4) is 0 Å². The average Bonchev–Trinajstić information content (AvgIpc) is 3.09. The molecule has 2 N–H and O–H groups in total. The van der Waals surface area contributed by atoms with Gasteiger partial charge >= 0.3 is 0 Å². The Hall–Kier alpha value is -0.330. The highest BCUT2D eigenvalue weighted by atomic mass is 35.5. The quantitative estimate of drug-likeness (QED) is 0.811. The van der Waals surface area contributed by atoms with Crippen LogP contribution in [0.25, 0.3) is 0 Å². The highest BCUT2D eigenvalue weighted by molar-refractivity contribution is 7.09. The third-order valence-electron chi connectivity index (χ3n) is 5.56. The number of carbonyl (C=O) groups is 1. The molecule has 1 aliphatic heterocycles. The molecule has 1 saturated carbocycles. The minimum Gasteiger partial charge on any atom is -0.340 e. The Bertz CT molecular complexity index is 498. The number of amides is 1. The number of piperazine rings is 1.